The molecule has 0 aliphatic carbocycles. The molecule has 0 aromatic heterocycles. The number of rotatable bonds is 4. The van der Waals surface area contributed by atoms with Gasteiger partial charge in [-0.25, -0.2) is 4.79 Å². The van der Waals surface area contributed by atoms with Crippen LogP contribution in [-0.4, -0.2) is 31.1 Å². The number of benzene rings is 1. The van der Waals surface area contributed by atoms with Crippen molar-refractivity contribution in [3.8, 4) is 11.5 Å². The zero-order valence-corrected chi connectivity index (χ0v) is 11.6. The first-order valence-electron chi connectivity index (χ1n) is 6.73. The van der Waals surface area contributed by atoms with Crippen LogP contribution in [0.4, 0.5) is 0 Å². The molecule has 1 N–H and O–H groups in total. The second-order valence-corrected chi connectivity index (χ2v) is 4.93. The number of cyclic esters (lactones) is 1. The number of hydrogen-bond donors (Lipinski definition) is 1. The standard InChI is InChI=1S/C15H16O6/c1-18-13-7-10(21-15(17)14(13)16)4-2-9-3-5-11-12(6-9)20-8-19-11/h3,5-6,10,16H,2,4,7-8H2,1H3. The number of carbonyl (C=O) groups excluding carboxylic acids is 1. The molecule has 1 atom stereocenters. The molecule has 0 fully saturated rings. The van der Waals surface area contributed by atoms with Gasteiger partial charge in [0.25, 0.3) is 0 Å². The van der Waals surface area contributed by atoms with Crippen molar-refractivity contribution in [1.82, 2.24) is 0 Å². The van der Waals surface area contributed by atoms with E-state index in [9.17, 15) is 9.90 Å². The van der Waals surface area contributed by atoms with Crippen molar-refractivity contribution >= 4 is 5.97 Å². The minimum atomic E-state index is -0.728. The molecular weight excluding hydrogens is 276 g/mol. The summed E-state index contributed by atoms with van der Waals surface area (Å²) in [6.07, 6.45) is 1.46. The molecule has 0 radical (unpaired) electrons. The Morgan fingerprint density at radius 1 is 1.33 bits per heavy atom. The summed E-state index contributed by atoms with van der Waals surface area (Å²) in [5.41, 5.74) is 1.08. The Bertz CT molecular complexity index is 592. The monoisotopic (exact) mass is 292 g/mol. The van der Waals surface area contributed by atoms with Gasteiger partial charge in [0.15, 0.2) is 11.5 Å². The first-order chi connectivity index (χ1) is 10.2. The Kier molecular flexibility index (Phi) is 3.60. The molecule has 6 nitrogen and oxygen atoms in total. The summed E-state index contributed by atoms with van der Waals surface area (Å²) < 4.78 is 20.8. The predicted octanol–water partition coefficient (Wildman–Crippen LogP) is 2.08. The van der Waals surface area contributed by atoms with Gasteiger partial charge < -0.3 is 24.1 Å². The van der Waals surface area contributed by atoms with Crippen molar-refractivity contribution in [2.75, 3.05) is 13.9 Å². The number of aliphatic hydroxyl groups is 1. The van der Waals surface area contributed by atoms with Crippen LogP contribution < -0.4 is 9.47 Å². The van der Waals surface area contributed by atoms with Gasteiger partial charge in [-0.3, -0.25) is 0 Å². The third-order valence-corrected chi connectivity index (χ3v) is 3.58. The number of methoxy groups -OCH3 is 1. The molecular formula is C15H16O6. The number of hydrogen-bond acceptors (Lipinski definition) is 6. The van der Waals surface area contributed by atoms with E-state index in [2.05, 4.69) is 0 Å². The first kappa shape index (κ1) is 13.6. The molecule has 1 aromatic carbocycles. The fourth-order valence-corrected chi connectivity index (χ4v) is 2.43. The molecule has 0 saturated carbocycles. The van der Waals surface area contributed by atoms with Crippen LogP contribution in [0.3, 0.4) is 0 Å². The van der Waals surface area contributed by atoms with Crippen molar-refractivity contribution < 1.29 is 28.8 Å². The second-order valence-electron chi connectivity index (χ2n) is 4.93. The maximum absolute atomic E-state index is 11.5. The molecule has 1 aromatic rings. The maximum Gasteiger partial charge on any atom is 0.377 e. The highest BCUT2D eigenvalue weighted by Crippen LogP contribution is 2.33. The van der Waals surface area contributed by atoms with Crippen LogP contribution in [0.15, 0.2) is 29.7 Å². The molecule has 3 rings (SSSR count). The normalized spacial score (nSPS) is 20.4. The second kappa shape index (κ2) is 5.55. The molecule has 6 heteroatoms. The molecule has 0 saturated heterocycles. The molecule has 0 bridgehead atoms. The highest BCUT2D eigenvalue weighted by molar-refractivity contribution is 5.87. The van der Waals surface area contributed by atoms with Crippen LogP contribution in [0, 0.1) is 0 Å². The van der Waals surface area contributed by atoms with E-state index in [-0.39, 0.29) is 18.7 Å². The number of aliphatic hydroxyl groups excluding tert-OH is 1. The van der Waals surface area contributed by atoms with Crippen molar-refractivity contribution in [2.24, 2.45) is 0 Å². The van der Waals surface area contributed by atoms with E-state index >= 15 is 0 Å². The number of esters is 1. The lowest BCUT2D eigenvalue weighted by Crippen LogP contribution is -2.27. The van der Waals surface area contributed by atoms with E-state index in [1.807, 2.05) is 18.2 Å². The summed E-state index contributed by atoms with van der Waals surface area (Å²) in [6, 6.07) is 5.76. The Balaban J connectivity index is 1.62. The van der Waals surface area contributed by atoms with Crippen LogP contribution in [0.1, 0.15) is 18.4 Å². The highest BCUT2D eigenvalue weighted by atomic mass is 16.7. The molecule has 21 heavy (non-hydrogen) atoms. The van der Waals surface area contributed by atoms with Crippen molar-refractivity contribution in [2.45, 2.75) is 25.4 Å². The van der Waals surface area contributed by atoms with E-state index in [1.54, 1.807) is 0 Å². The van der Waals surface area contributed by atoms with E-state index < -0.39 is 11.7 Å². The summed E-state index contributed by atoms with van der Waals surface area (Å²) in [4.78, 5) is 11.5. The number of fused-ring (bicyclic) bond motifs is 1. The summed E-state index contributed by atoms with van der Waals surface area (Å²) >= 11 is 0. The third kappa shape index (κ3) is 2.74. The van der Waals surface area contributed by atoms with Gasteiger partial charge in [0.1, 0.15) is 11.9 Å². The molecule has 2 heterocycles. The van der Waals surface area contributed by atoms with Gasteiger partial charge >= 0.3 is 5.97 Å². The average Bonchev–Trinajstić information content (AvgIpc) is 2.95. The zero-order chi connectivity index (χ0) is 14.8. The van der Waals surface area contributed by atoms with Gasteiger partial charge in [0.05, 0.1) is 7.11 Å². The van der Waals surface area contributed by atoms with Gasteiger partial charge in [0, 0.05) is 6.42 Å². The van der Waals surface area contributed by atoms with Crippen LogP contribution in [0.2, 0.25) is 0 Å². The fourth-order valence-electron chi connectivity index (χ4n) is 2.43. The lowest BCUT2D eigenvalue weighted by Gasteiger charge is -2.23. The van der Waals surface area contributed by atoms with Crippen molar-refractivity contribution in [3.63, 3.8) is 0 Å². The molecule has 0 amide bonds. The smallest absolute Gasteiger partial charge is 0.377 e. The van der Waals surface area contributed by atoms with Gasteiger partial charge in [-0.05, 0) is 30.5 Å². The lowest BCUT2D eigenvalue weighted by atomic mass is 10.0. The average molecular weight is 292 g/mol. The van der Waals surface area contributed by atoms with Crippen LogP contribution >= 0.6 is 0 Å². The number of carbonyl (C=O) groups is 1. The minimum Gasteiger partial charge on any atom is -0.499 e. The molecule has 1 unspecified atom stereocenters. The van der Waals surface area contributed by atoms with Gasteiger partial charge in [-0.15, -0.1) is 0 Å². The quantitative estimate of drug-likeness (QED) is 0.856. The largest absolute Gasteiger partial charge is 0.499 e. The summed E-state index contributed by atoms with van der Waals surface area (Å²) in [5.74, 6) is 0.605. The SMILES string of the molecule is COC1=C(O)C(=O)OC(CCc2ccc3c(c2)OCO3)C1. The van der Waals surface area contributed by atoms with Crippen LogP contribution in [0.25, 0.3) is 0 Å². The summed E-state index contributed by atoms with van der Waals surface area (Å²) in [5, 5.41) is 9.50. The lowest BCUT2D eigenvalue weighted by molar-refractivity contribution is -0.151. The minimum absolute atomic E-state index is 0.250. The Labute approximate surface area is 121 Å². The van der Waals surface area contributed by atoms with Crippen LogP contribution in [-0.2, 0) is 20.7 Å². The molecule has 2 aliphatic rings. The predicted molar refractivity (Wildman–Crippen MR) is 72.0 cm³/mol. The summed E-state index contributed by atoms with van der Waals surface area (Å²) in [7, 11) is 1.43. The van der Waals surface area contributed by atoms with E-state index in [0.717, 1.165) is 23.5 Å². The maximum atomic E-state index is 11.5. The summed E-state index contributed by atoms with van der Waals surface area (Å²) in [6.45, 7) is 0.250. The molecule has 2 aliphatic heterocycles. The van der Waals surface area contributed by atoms with E-state index in [4.69, 9.17) is 18.9 Å². The van der Waals surface area contributed by atoms with Gasteiger partial charge in [-0.1, -0.05) is 6.07 Å². The number of aryl methyl sites for hydroxylation is 1. The zero-order valence-electron chi connectivity index (χ0n) is 11.6. The third-order valence-electron chi connectivity index (χ3n) is 3.58. The van der Waals surface area contributed by atoms with Crippen molar-refractivity contribution in [1.29, 1.82) is 0 Å². The Morgan fingerprint density at radius 3 is 2.95 bits per heavy atom. The van der Waals surface area contributed by atoms with E-state index in [1.165, 1.54) is 7.11 Å². The first-order valence-corrected chi connectivity index (χ1v) is 6.73. The van der Waals surface area contributed by atoms with Gasteiger partial charge in [0.2, 0.25) is 12.6 Å². The van der Waals surface area contributed by atoms with Gasteiger partial charge in [-0.2, -0.15) is 0 Å². The highest BCUT2D eigenvalue weighted by Gasteiger charge is 2.29. The number of ether oxygens (including phenoxy) is 4. The topological polar surface area (TPSA) is 74.2 Å². The Hall–Kier alpha value is -2.37. The Morgan fingerprint density at radius 2 is 2.14 bits per heavy atom. The van der Waals surface area contributed by atoms with Crippen molar-refractivity contribution in [3.05, 3.63) is 35.3 Å². The fraction of sp³-hybridized carbons (Fsp3) is 0.400. The van der Waals surface area contributed by atoms with E-state index in [0.29, 0.717) is 12.8 Å². The molecule has 0 spiro atoms. The van der Waals surface area contributed by atoms with Crippen LogP contribution in [0.5, 0.6) is 11.5 Å². The molecule has 112 valence electrons.